The summed E-state index contributed by atoms with van der Waals surface area (Å²) in [5.74, 6) is 0.0987. The van der Waals surface area contributed by atoms with Crippen LogP contribution in [0.3, 0.4) is 0 Å². The van der Waals surface area contributed by atoms with Gasteiger partial charge in [0.05, 0.1) is 59.7 Å². The van der Waals surface area contributed by atoms with Gasteiger partial charge in [-0.3, -0.25) is 18.5 Å². The minimum absolute atomic E-state index is 0.0987. The van der Waals surface area contributed by atoms with E-state index >= 15 is 0 Å². The first-order chi connectivity index (χ1) is 16.6. The van der Waals surface area contributed by atoms with Crippen molar-refractivity contribution in [3.63, 3.8) is 0 Å². The highest BCUT2D eigenvalue weighted by molar-refractivity contribution is 7.79. The lowest BCUT2D eigenvalue weighted by atomic mass is 10.1. The predicted molar refractivity (Wildman–Crippen MR) is 129 cm³/mol. The Morgan fingerprint density at radius 1 is 1.06 bits per heavy atom. The smallest absolute Gasteiger partial charge is 0.0999 e. The van der Waals surface area contributed by atoms with Crippen molar-refractivity contribution in [2.75, 3.05) is 19.0 Å². The molecule has 0 saturated carbocycles. The summed E-state index contributed by atoms with van der Waals surface area (Å²) >= 11 is -2.04. The van der Waals surface area contributed by atoms with Crippen LogP contribution < -0.4 is 0 Å². The lowest BCUT2D eigenvalue weighted by Crippen LogP contribution is -2.36. The van der Waals surface area contributed by atoms with Crippen molar-refractivity contribution in [2.24, 2.45) is 0 Å². The minimum atomic E-state index is -2.04. The Balaban J connectivity index is 1.42. The molecule has 0 radical (unpaired) electrons. The molecule has 34 heavy (non-hydrogen) atoms. The Hall–Kier alpha value is -2.89. The van der Waals surface area contributed by atoms with Crippen LogP contribution in [0.2, 0.25) is 0 Å². The lowest BCUT2D eigenvalue weighted by molar-refractivity contribution is 0.201. The highest BCUT2D eigenvalue weighted by Crippen LogP contribution is 2.29. The van der Waals surface area contributed by atoms with Gasteiger partial charge >= 0.3 is 0 Å². The van der Waals surface area contributed by atoms with E-state index in [1.165, 1.54) is 0 Å². The summed E-state index contributed by atoms with van der Waals surface area (Å²) in [5, 5.41) is 13.7. The lowest BCUT2D eigenvalue weighted by Gasteiger charge is -2.32. The predicted octanol–water partition coefficient (Wildman–Crippen LogP) is 3.29. The third kappa shape index (κ3) is 4.55. The average molecular weight is 482 g/mol. The number of likely N-dealkylation sites (tertiary alicyclic amines) is 1. The molecule has 1 aliphatic heterocycles. The second kappa shape index (κ2) is 9.77. The third-order valence-corrected chi connectivity index (χ3v) is 7.27. The van der Waals surface area contributed by atoms with Crippen LogP contribution in [0, 0.1) is 0 Å². The normalized spacial score (nSPS) is 16.6. The molecule has 180 valence electrons. The third-order valence-electron chi connectivity index (χ3n) is 6.70. The molecule has 0 spiro atoms. The van der Waals surface area contributed by atoms with Crippen molar-refractivity contribution in [2.45, 2.75) is 51.6 Å². The van der Waals surface area contributed by atoms with Crippen molar-refractivity contribution >= 4 is 16.6 Å². The topological polar surface area (TPSA) is 109 Å². The fourth-order valence-corrected chi connectivity index (χ4v) is 5.29. The minimum Gasteiger partial charge on any atom is -0.771 e. The van der Waals surface area contributed by atoms with Crippen molar-refractivity contribution in [1.82, 2.24) is 39.1 Å². The second-order valence-corrected chi connectivity index (χ2v) is 9.67. The van der Waals surface area contributed by atoms with Crippen LogP contribution in [-0.4, -0.2) is 66.8 Å². The highest BCUT2D eigenvalue weighted by atomic mass is 32.2. The largest absolute Gasteiger partial charge is 0.771 e. The van der Waals surface area contributed by atoms with Gasteiger partial charge in [0, 0.05) is 36.6 Å². The van der Waals surface area contributed by atoms with E-state index in [9.17, 15) is 8.76 Å². The van der Waals surface area contributed by atoms with Gasteiger partial charge in [0.15, 0.2) is 0 Å². The Bertz CT molecular complexity index is 1280. The first-order valence-electron chi connectivity index (χ1n) is 11.8. The molecule has 5 heterocycles. The molecule has 1 atom stereocenters. The molecule has 1 unspecified atom stereocenters. The summed E-state index contributed by atoms with van der Waals surface area (Å²) in [6.45, 7) is 5.84. The first-order valence-corrected chi connectivity index (χ1v) is 13.0. The SMILES string of the molecule is CCC(CC)n1cc(-c2nc(-c3cnn(C4CCN(CS(=O)[O-])CC4)c3)cn3nccc23)cn1. The molecule has 0 amide bonds. The van der Waals surface area contributed by atoms with Crippen molar-refractivity contribution in [3.8, 4) is 22.5 Å². The van der Waals surface area contributed by atoms with Gasteiger partial charge in [0.25, 0.3) is 0 Å². The molecule has 4 aromatic rings. The Morgan fingerprint density at radius 3 is 2.56 bits per heavy atom. The van der Waals surface area contributed by atoms with Crippen LogP contribution in [0.15, 0.2) is 43.2 Å². The summed E-state index contributed by atoms with van der Waals surface area (Å²) in [5.41, 5.74) is 4.47. The molecule has 11 heteroatoms. The number of fused-ring (bicyclic) bond motifs is 1. The zero-order valence-electron chi connectivity index (χ0n) is 19.4. The standard InChI is InChI=1S/C23H30N8O2S/c1-3-19(4-2)29-14-18(12-26-29)23-22-5-8-24-31(22)15-21(27-23)17-11-25-30(13-17)20-6-9-28(10-7-20)16-34(32)33/h5,8,11-15,19-20H,3-4,6-7,9-10,16H2,1-2H3,(H,32,33)/p-1. The van der Waals surface area contributed by atoms with Crippen LogP contribution in [0.25, 0.3) is 28.0 Å². The van der Waals surface area contributed by atoms with E-state index in [0.717, 1.165) is 66.8 Å². The fourth-order valence-electron chi connectivity index (χ4n) is 4.73. The molecular weight excluding hydrogens is 452 g/mol. The van der Waals surface area contributed by atoms with Crippen LogP contribution in [0.5, 0.6) is 0 Å². The van der Waals surface area contributed by atoms with Crippen molar-refractivity contribution in [3.05, 3.63) is 43.2 Å². The summed E-state index contributed by atoms with van der Waals surface area (Å²) in [7, 11) is 0. The van der Waals surface area contributed by atoms with E-state index in [4.69, 9.17) is 4.98 Å². The molecule has 10 nitrogen and oxygen atoms in total. The molecular formula is C23H29N8O2S-. The summed E-state index contributed by atoms with van der Waals surface area (Å²) in [6, 6.07) is 2.58. The van der Waals surface area contributed by atoms with Gasteiger partial charge in [0.2, 0.25) is 0 Å². The maximum Gasteiger partial charge on any atom is 0.0999 e. The molecule has 4 aromatic heterocycles. The molecule has 1 fully saturated rings. The van der Waals surface area contributed by atoms with Gasteiger partial charge in [-0.25, -0.2) is 9.50 Å². The number of nitrogens with zero attached hydrogens (tertiary/aromatic N) is 8. The molecule has 1 saturated heterocycles. The van der Waals surface area contributed by atoms with Crippen LogP contribution in [0.4, 0.5) is 0 Å². The van der Waals surface area contributed by atoms with E-state index in [-0.39, 0.29) is 11.9 Å². The van der Waals surface area contributed by atoms with Crippen LogP contribution in [-0.2, 0) is 11.1 Å². The van der Waals surface area contributed by atoms with Crippen molar-refractivity contribution in [1.29, 1.82) is 0 Å². The Kier molecular flexibility index (Phi) is 6.57. The summed E-state index contributed by atoms with van der Waals surface area (Å²) in [6.07, 6.45) is 15.3. The first kappa shape index (κ1) is 22.9. The van der Waals surface area contributed by atoms with Gasteiger partial charge in [-0.2, -0.15) is 15.3 Å². The molecule has 0 bridgehead atoms. The van der Waals surface area contributed by atoms with E-state index in [1.807, 2.05) is 49.6 Å². The fraction of sp³-hybridized carbons (Fsp3) is 0.478. The molecule has 0 N–H and O–H groups in total. The van der Waals surface area contributed by atoms with Gasteiger partial charge in [-0.15, -0.1) is 0 Å². The molecule has 1 aliphatic rings. The quantitative estimate of drug-likeness (QED) is 0.355. The summed E-state index contributed by atoms with van der Waals surface area (Å²) < 4.78 is 27.8. The molecule has 5 rings (SSSR count). The average Bonchev–Trinajstić information content (AvgIpc) is 3.60. The zero-order valence-corrected chi connectivity index (χ0v) is 20.3. The zero-order chi connectivity index (χ0) is 23.7. The highest BCUT2D eigenvalue weighted by Gasteiger charge is 2.22. The number of hydrogen-bond donors (Lipinski definition) is 0. The number of hydrogen-bond acceptors (Lipinski definition) is 7. The van der Waals surface area contributed by atoms with E-state index in [2.05, 4.69) is 35.3 Å². The van der Waals surface area contributed by atoms with Crippen molar-refractivity contribution < 1.29 is 8.76 Å². The second-order valence-electron chi connectivity index (χ2n) is 8.81. The van der Waals surface area contributed by atoms with E-state index in [1.54, 1.807) is 6.20 Å². The monoisotopic (exact) mass is 481 g/mol. The van der Waals surface area contributed by atoms with Crippen LogP contribution in [0.1, 0.15) is 51.6 Å². The van der Waals surface area contributed by atoms with Gasteiger partial charge in [-0.05, 0) is 42.8 Å². The molecule has 0 aliphatic carbocycles. The Labute approximate surface area is 200 Å². The van der Waals surface area contributed by atoms with E-state index in [0.29, 0.717) is 6.04 Å². The summed E-state index contributed by atoms with van der Waals surface area (Å²) in [4.78, 5) is 6.96. The van der Waals surface area contributed by atoms with Gasteiger partial charge < -0.3 is 4.55 Å². The van der Waals surface area contributed by atoms with Gasteiger partial charge in [0.1, 0.15) is 0 Å². The number of aromatic nitrogens is 7. The van der Waals surface area contributed by atoms with Gasteiger partial charge in [-0.1, -0.05) is 13.8 Å². The van der Waals surface area contributed by atoms with Crippen LogP contribution >= 0.6 is 0 Å². The maximum atomic E-state index is 11.0. The Morgan fingerprint density at radius 2 is 1.82 bits per heavy atom. The maximum absolute atomic E-state index is 11.0. The number of piperidine rings is 1. The molecule has 0 aromatic carbocycles. The van der Waals surface area contributed by atoms with E-state index < -0.39 is 11.1 Å². The number of rotatable bonds is 8.